The number of nitrogens with zero attached hydrogens (tertiary/aromatic N) is 2. The van der Waals surface area contributed by atoms with Crippen LogP contribution in [0, 0.1) is 0 Å². The fraction of sp³-hybridized carbons (Fsp3) is 0.750. The fourth-order valence-electron chi connectivity index (χ4n) is 1.76. The smallest absolute Gasteiger partial charge is 0.0762 e. The summed E-state index contributed by atoms with van der Waals surface area (Å²) >= 11 is 0. The van der Waals surface area contributed by atoms with Crippen molar-refractivity contribution in [2.75, 3.05) is 13.2 Å². The van der Waals surface area contributed by atoms with Gasteiger partial charge >= 0.3 is 0 Å². The summed E-state index contributed by atoms with van der Waals surface area (Å²) in [7, 11) is 0. The zero-order valence-corrected chi connectivity index (χ0v) is 10.3. The predicted molar refractivity (Wildman–Crippen MR) is 65.3 cm³/mol. The lowest BCUT2D eigenvalue weighted by Gasteiger charge is -2.12. The molecule has 0 aliphatic heterocycles. The number of rotatable bonds is 8. The molecule has 4 heteroatoms. The number of aromatic nitrogens is 2. The number of hydrogen-bond acceptors (Lipinski definition) is 3. The fourth-order valence-corrected chi connectivity index (χ4v) is 1.76. The third-order valence-corrected chi connectivity index (χ3v) is 2.80. The minimum Gasteiger partial charge on any atom is -0.396 e. The zero-order valence-electron chi connectivity index (χ0n) is 10.3. The van der Waals surface area contributed by atoms with E-state index in [9.17, 15) is 0 Å². The molecule has 0 amide bonds. The van der Waals surface area contributed by atoms with E-state index in [4.69, 9.17) is 5.11 Å². The van der Waals surface area contributed by atoms with Crippen LogP contribution in [0.3, 0.4) is 0 Å². The largest absolute Gasteiger partial charge is 0.396 e. The second-order valence-electron chi connectivity index (χ2n) is 4.01. The van der Waals surface area contributed by atoms with Gasteiger partial charge in [-0.1, -0.05) is 13.8 Å². The van der Waals surface area contributed by atoms with E-state index in [0.29, 0.717) is 6.04 Å². The average Bonchev–Trinajstić information content (AvgIpc) is 2.75. The van der Waals surface area contributed by atoms with Gasteiger partial charge in [0.2, 0.25) is 0 Å². The average molecular weight is 225 g/mol. The van der Waals surface area contributed by atoms with Crippen molar-refractivity contribution in [1.29, 1.82) is 0 Å². The highest BCUT2D eigenvalue weighted by atomic mass is 16.3. The molecule has 1 heterocycles. The Hall–Kier alpha value is -0.870. The Kier molecular flexibility index (Phi) is 6.11. The first-order valence-corrected chi connectivity index (χ1v) is 6.17. The molecule has 1 aromatic rings. The van der Waals surface area contributed by atoms with Gasteiger partial charge < -0.3 is 10.4 Å². The van der Waals surface area contributed by atoms with E-state index in [1.54, 1.807) is 0 Å². The monoisotopic (exact) mass is 225 g/mol. The van der Waals surface area contributed by atoms with Gasteiger partial charge in [0, 0.05) is 19.3 Å². The molecule has 0 bridgehead atoms. The maximum atomic E-state index is 8.64. The normalized spacial score (nSPS) is 11.2. The Morgan fingerprint density at radius 3 is 2.81 bits per heavy atom. The summed E-state index contributed by atoms with van der Waals surface area (Å²) in [6.45, 7) is 6.25. The van der Waals surface area contributed by atoms with Crippen LogP contribution in [0.15, 0.2) is 12.3 Å². The van der Waals surface area contributed by atoms with Crippen LogP contribution >= 0.6 is 0 Å². The van der Waals surface area contributed by atoms with E-state index >= 15 is 0 Å². The highest BCUT2D eigenvalue weighted by Crippen LogP contribution is 2.14. The van der Waals surface area contributed by atoms with Crippen molar-refractivity contribution in [2.24, 2.45) is 0 Å². The molecule has 0 radical (unpaired) electrons. The summed E-state index contributed by atoms with van der Waals surface area (Å²) < 4.78 is 2.06. The van der Waals surface area contributed by atoms with E-state index < -0.39 is 0 Å². The zero-order chi connectivity index (χ0) is 11.8. The third kappa shape index (κ3) is 3.94. The molecule has 0 atom stereocenters. The van der Waals surface area contributed by atoms with E-state index in [-0.39, 0.29) is 6.61 Å². The van der Waals surface area contributed by atoms with E-state index in [0.717, 1.165) is 38.0 Å². The molecule has 0 unspecified atom stereocenters. The molecule has 0 aromatic carbocycles. The minimum atomic E-state index is 0.245. The topological polar surface area (TPSA) is 50.1 Å². The molecule has 4 nitrogen and oxygen atoms in total. The molecule has 2 N–H and O–H groups in total. The van der Waals surface area contributed by atoms with Crippen LogP contribution in [0.5, 0.6) is 0 Å². The molecule has 1 aromatic heterocycles. The molecular formula is C12H23N3O. The molecular weight excluding hydrogens is 202 g/mol. The summed E-state index contributed by atoms with van der Waals surface area (Å²) in [6.07, 6.45) is 5.10. The quantitative estimate of drug-likeness (QED) is 0.662. The van der Waals surface area contributed by atoms with Gasteiger partial charge in [0.25, 0.3) is 0 Å². The van der Waals surface area contributed by atoms with E-state index in [1.165, 1.54) is 0 Å². The van der Waals surface area contributed by atoms with Gasteiger partial charge in [0.1, 0.15) is 0 Å². The van der Waals surface area contributed by atoms with Crippen LogP contribution in [-0.2, 0) is 6.54 Å². The van der Waals surface area contributed by atoms with Crippen molar-refractivity contribution in [3.05, 3.63) is 18.0 Å². The lowest BCUT2D eigenvalue weighted by molar-refractivity contribution is 0.286. The lowest BCUT2D eigenvalue weighted by Crippen LogP contribution is -2.16. The number of aliphatic hydroxyl groups is 1. The van der Waals surface area contributed by atoms with Crippen LogP contribution in [0.25, 0.3) is 0 Å². The van der Waals surface area contributed by atoms with Crippen LogP contribution in [0.2, 0.25) is 0 Å². The molecule has 0 saturated heterocycles. The van der Waals surface area contributed by atoms with Gasteiger partial charge in [-0.3, -0.25) is 4.68 Å². The summed E-state index contributed by atoms with van der Waals surface area (Å²) in [4.78, 5) is 0. The number of nitrogens with one attached hydrogen (secondary N) is 1. The van der Waals surface area contributed by atoms with E-state index in [2.05, 4.69) is 41.2 Å². The Labute approximate surface area is 97.7 Å². The SMILES string of the molecule is CCC(CC)n1ccc(CNCCCO)n1. The maximum absolute atomic E-state index is 8.64. The van der Waals surface area contributed by atoms with Crippen molar-refractivity contribution in [3.63, 3.8) is 0 Å². The first-order valence-electron chi connectivity index (χ1n) is 6.17. The summed E-state index contributed by atoms with van der Waals surface area (Å²) in [6, 6.07) is 2.58. The van der Waals surface area contributed by atoms with Gasteiger partial charge in [-0.05, 0) is 31.9 Å². The molecule has 0 fully saturated rings. The Balaban J connectivity index is 2.38. The van der Waals surface area contributed by atoms with Crippen LogP contribution in [0.1, 0.15) is 44.8 Å². The van der Waals surface area contributed by atoms with Gasteiger partial charge in [0.15, 0.2) is 0 Å². The van der Waals surface area contributed by atoms with Gasteiger partial charge in [-0.2, -0.15) is 5.10 Å². The van der Waals surface area contributed by atoms with Crippen molar-refractivity contribution in [1.82, 2.24) is 15.1 Å². The summed E-state index contributed by atoms with van der Waals surface area (Å²) in [5.74, 6) is 0. The molecule has 0 aliphatic carbocycles. The number of hydrogen-bond donors (Lipinski definition) is 2. The molecule has 0 saturated carbocycles. The van der Waals surface area contributed by atoms with Crippen LogP contribution < -0.4 is 5.32 Å². The second-order valence-corrected chi connectivity index (χ2v) is 4.01. The highest BCUT2D eigenvalue weighted by Gasteiger charge is 2.07. The van der Waals surface area contributed by atoms with Gasteiger partial charge in [-0.25, -0.2) is 0 Å². The Bertz CT molecular complexity index is 282. The lowest BCUT2D eigenvalue weighted by atomic mass is 10.2. The molecule has 0 spiro atoms. The molecule has 1 rings (SSSR count). The van der Waals surface area contributed by atoms with Crippen molar-refractivity contribution in [2.45, 2.75) is 45.7 Å². The van der Waals surface area contributed by atoms with Crippen LogP contribution in [0.4, 0.5) is 0 Å². The summed E-state index contributed by atoms with van der Waals surface area (Å²) in [5, 5.41) is 16.4. The van der Waals surface area contributed by atoms with Gasteiger partial charge in [0.05, 0.1) is 11.7 Å². The summed E-state index contributed by atoms with van der Waals surface area (Å²) in [5.41, 5.74) is 1.07. The van der Waals surface area contributed by atoms with E-state index in [1.807, 2.05) is 0 Å². The van der Waals surface area contributed by atoms with Crippen molar-refractivity contribution >= 4 is 0 Å². The predicted octanol–water partition coefficient (Wildman–Crippen LogP) is 1.72. The first kappa shape index (κ1) is 13.2. The van der Waals surface area contributed by atoms with Gasteiger partial charge in [-0.15, -0.1) is 0 Å². The first-order chi connectivity index (χ1) is 7.81. The molecule has 16 heavy (non-hydrogen) atoms. The standard InChI is InChI=1S/C12H23N3O/c1-3-12(4-2)15-8-6-11(14-15)10-13-7-5-9-16/h6,8,12-13,16H,3-5,7,9-10H2,1-2H3. The minimum absolute atomic E-state index is 0.245. The Morgan fingerprint density at radius 1 is 1.44 bits per heavy atom. The Morgan fingerprint density at radius 2 is 2.19 bits per heavy atom. The van der Waals surface area contributed by atoms with Crippen molar-refractivity contribution < 1.29 is 5.11 Å². The van der Waals surface area contributed by atoms with Crippen LogP contribution in [-0.4, -0.2) is 28.0 Å². The third-order valence-electron chi connectivity index (χ3n) is 2.80. The molecule has 92 valence electrons. The maximum Gasteiger partial charge on any atom is 0.0762 e. The molecule has 0 aliphatic rings. The second kappa shape index (κ2) is 7.41. The van der Waals surface area contributed by atoms with Crippen molar-refractivity contribution in [3.8, 4) is 0 Å². The highest BCUT2D eigenvalue weighted by molar-refractivity contribution is 4.99. The number of aliphatic hydroxyl groups excluding tert-OH is 1.